The number of aromatic nitrogens is 1. The van der Waals surface area contributed by atoms with Gasteiger partial charge in [-0.15, -0.1) is 0 Å². The van der Waals surface area contributed by atoms with Gasteiger partial charge in [0.15, 0.2) is 0 Å². The zero-order valence-electron chi connectivity index (χ0n) is 11.0. The molecule has 1 aromatic heterocycles. The summed E-state index contributed by atoms with van der Waals surface area (Å²) in [5.74, 6) is 0.956. The molecule has 18 heavy (non-hydrogen) atoms. The lowest BCUT2D eigenvalue weighted by atomic mass is 10.1. The Morgan fingerprint density at radius 2 is 2.44 bits per heavy atom. The molecule has 1 aromatic rings. The van der Waals surface area contributed by atoms with Gasteiger partial charge in [-0.05, 0) is 31.2 Å². The molecule has 0 aliphatic carbocycles. The highest BCUT2D eigenvalue weighted by atomic mass is 16.5. The minimum absolute atomic E-state index is 0.0140. The summed E-state index contributed by atoms with van der Waals surface area (Å²) < 4.78 is 5.39. The highest BCUT2D eigenvalue weighted by Gasteiger charge is 2.24. The lowest BCUT2D eigenvalue weighted by molar-refractivity contribution is 0.0722. The Bertz CT molecular complexity index is 398. The number of morpholine rings is 1. The number of nitrogens with zero attached hydrogens (tertiary/aromatic N) is 2. The van der Waals surface area contributed by atoms with Gasteiger partial charge in [0.1, 0.15) is 5.82 Å². The molecule has 0 bridgehead atoms. The quantitative estimate of drug-likeness (QED) is 0.806. The first-order chi connectivity index (χ1) is 8.76. The van der Waals surface area contributed by atoms with Gasteiger partial charge in [0.25, 0.3) is 0 Å². The molecule has 1 aliphatic heterocycles. The SMILES string of the molecule is CNCc1cnc(N2CCOCC2CO)c(C)c1. The molecule has 2 rings (SSSR count). The van der Waals surface area contributed by atoms with Crippen LogP contribution in [0.4, 0.5) is 5.82 Å². The van der Waals surface area contributed by atoms with Crippen molar-refractivity contribution in [2.24, 2.45) is 0 Å². The van der Waals surface area contributed by atoms with Crippen LogP contribution >= 0.6 is 0 Å². The van der Waals surface area contributed by atoms with E-state index in [1.54, 1.807) is 0 Å². The van der Waals surface area contributed by atoms with E-state index in [2.05, 4.69) is 28.2 Å². The van der Waals surface area contributed by atoms with Crippen molar-refractivity contribution in [2.75, 3.05) is 38.3 Å². The van der Waals surface area contributed by atoms with E-state index in [0.717, 1.165) is 24.5 Å². The second-order valence-electron chi connectivity index (χ2n) is 4.62. The smallest absolute Gasteiger partial charge is 0.131 e. The van der Waals surface area contributed by atoms with Crippen LogP contribution in [0.2, 0.25) is 0 Å². The predicted octanol–water partition coefficient (Wildman–Crippen LogP) is 0.307. The molecule has 1 fully saturated rings. The van der Waals surface area contributed by atoms with Crippen molar-refractivity contribution in [1.82, 2.24) is 10.3 Å². The summed E-state index contributed by atoms with van der Waals surface area (Å²) in [6.45, 7) is 5.02. The molecule has 0 aromatic carbocycles. The second-order valence-corrected chi connectivity index (χ2v) is 4.62. The molecule has 2 heterocycles. The van der Waals surface area contributed by atoms with Crippen LogP contribution in [-0.4, -0.2) is 49.5 Å². The monoisotopic (exact) mass is 251 g/mol. The molecule has 100 valence electrons. The topological polar surface area (TPSA) is 57.6 Å². The number of nitrogens with one attached hydrogen (secondary N) is 1. The zero-order chi connectivity index (χ0) is 13.0. The van der Waals surface area contributed by atoms with Crippen molar-refractivity contribution in [2.45, 2.75) is 19.5 Å². The fraction of sp³-hybridized carbons (Fsp3) is 0.615. The van der Waals surface area contributed by atoms with E-state index in [-0.39, 0.29) is 12.6 Å². The molecule has 1 aliphatic rings. The summed E-state index contributed by atoms with van der Waals surface area (Å²) >= 11 is 0. The van der Waals surface area contributed by atoms with E-state index in [1.807, 2.05) is 13.2 Å². The number of aliphatic hydroxyl groups excluding tert-OH is 1. The summed E-state index contributed by atoms with van der Waals surface area (Å²) in [5, 5.41) is 12.5. The number of aliphatic hydroxyl groups is 1. The molecule has 1 unspecified atom stereocenters. The Hall–Kier alpha value is -1.17. The summed E-state index contributed by atoms with van der Waals surface area (Å²) in [6.07, 6.45) is 1.89. The largest absolute Gasteiger partial charge is 0.394 e. The van der Waals surface area contributed by atoms with Crippen LogP contribution in [0.15, 0.2) is 12.3 Å². The standard InChI is InChI=1S/C13H21N3O2/c1-10-5-11(6-14-2)7-15-13(10)16-3-4-18-9-12(16)8-17/h5,7,12,14,17H,3-4,6,8-9H2,1-2H3. The molecular formula is C13H21N3O2. The van der Waals surface area contributed by atoms with Crippen molar-refractivity contribution >= 4 is 5.82 Å². The van der Waals surface area contributed by atoms with Crippen molar-refractivity contribution in [1.29, 1.82) is 0 Å². The van der Waals surface area contributed by atoms with Gasteiger partial charge in [-0.3, -0.25) is 0 Å². The van der Waals surface area contributed by atoms with Crippen LogP contribution in [0.1, 0.15) is 11.1 Å². The normalized spacial score (nSPS) is 20.2. The molecular weight excluding hydrogens is 230 g/mol. The van der Waals surface area contributed by atoms with Crippen LogP contribution in [0.3, 0.4) is 0 Å². The highest BCUT2D eigenvalue weighted by molar-refractivity contribution is 5.48. The maximum atomic E-state index is 9.39. The van der Waals surface area contributed by atoms with Crippen LogP contribution in [0.5, 0.6) is 0 Å². The van der Waals surface area contributed by atoms with Crippen molar-refractivity contribution < 1.29 is 9.84 Å². The Balaban J connectivity index is 2.21. The molecule has 0 amide bonds. The molecule has 5 heteroatoms. The maximum Gasteiger partial charge on any atom is 0.131 e. The van der Waals surface area contributed by atoms with Gasteiger partial charge in [0, 0.05) is 19.3 Å². The molecule has 0 spiro atoms. The third kappa shape index (κ3) is 2.80. The lowest BCUT2D eigenvalue weighted by Crippen LogP contribution is -2.48. The third-order valence-corrected chi connectivity index (χ3v) is 3.20. The van der Waals surface area contributed by atoms with Gasteiger partial charge in [-0.1, -0.05) is 0 Å². The van der Waals surface area contributed by atoms with Crippen molar-refractivity contribution in [3.05, 3.63) is 23.4 Å². The number of ether oxygens (including phenoxy) is 1. The molecule has 1 saturated heterocycles. The van der Waals surface area contributed by atoms with E-state index in [1.165, 1.54) is 5.56 Å². The van der Waals surface area contributed by atoms with Gasteiger partial charge >= 0.3 is 0 Å². The number of hydrogen-bond acceptors (Lipinski definition) is 5. The predicted molar refractivity (Wildman–Crippen MR) is 70.8 cm³/mol. The van der Waals surface area contributed by atoms with Crippen LogP contribution in [0.25, 0.3) is 0 Å². The summed E-state index contributed by atoms with van der Waals surface area (Å²) in [6, 6.07) is 2.16. The second kappa shape index (κ2) is 6.13. The highest BCUT2D eigenvalue weighted by Crippen LogP contribution is 2.22. The molecule has 0 radical (unpaired) electrons. The molecule has 1 atom stereocenters. The summed E-state index contributed by atoms with van der Waals surface area (Å²) in [7, 11) is 1.92. The number of rotatable bonds is 4. The molecule has 2 N–H and O–H groups in total. The summed E-state index contributed by atoms with van der Waals surface area (Å²) in [4.78, 5) is 6.68. The maximum absolute atomic E-state index is 9.39. The van der Waals surface area contributed by atoms with Gasteiger partial charge < -0.3 is 20.1 Å². The fourth-order valence-electron chi connectivity index (χ4n) is 2.31. The summed E-state index contributed by atoms with van der Waals surface area (Å²) in [5.41, 5.74) is 2.32. The van der Waals surface area contributed by atoms with Crippen molar-refractivity contribution in [3.8, 4) is 0 Å². The van der Waals surface area contributed by atoms with Crippen molar-refractivity contribution in [3.63, 3.8) is 0 Å². The van der Waals surface area contributed by atoms with Crippen LogP contribution in [-0.2, 0) is 11.3 Å². The number of aryl methyl sites for hydroxylation is 1. The van der Waals surface area contributed by atoms with E-state index in [4.69, 9.17) is 4.74 Å². The van der Waals surface area contributed by atoms with E-state index in [0.29, 0.717) is 13.2 Å². The minimum Gasteiger partial charge on any atom is -0.394 e. The number of hydrogen-bond donors (Lipinski definition) is 2. The fourth-order valence-corrected chi connectivity index (χ4v) is 2.31. The molecule has 0 saturated carbocycles. The van der Waals surface area contributed by atoms with Gasteiger partial charge in [0.2, 0.25) is 0 Å². The van der Waals surface area contributed by atoms with E-state index < -0.39 is 0 Å². The Morgan fingerprint density at radius 3 is 3.11 bits per heavy atom. The van der Waals surface area contributed by atoms with Gasteiger partial charge in [-0.25, -0.2) is 4.98 Å². The van der Waals surface area contributed by atoms with Gasteiger partial charge in [0.05, 0.1) is 25.9 Å². The van der Waals surface area contributed by atoms with E-state index in [9.17, 15) is 5.11 Å². The first-order valence-electron chi connectivity index (χ1n) is 6.31. The first-order valence-corrected chi connectivity index (χ1v) is 6.31. The third-order valence-electron chi connectivity index (χ3n) is 3.20. The Labute approximate surface area is 108 Å². The average molecular weight is 251 g/mol. The van der Waals surface area contributed by atoms with Gasteiger partial charge in [-0.2, -0.15) is 0 Å². The zero-order valence-corrected chi connectivity index (χ0v) is 11.0. The molecule has 5 nitrogen and oxygen atoms in total. The number of pyridine rings is 1. The van der Waals surface area contributed by atoms with Crippen LogP contribution < -0.4 is 10.2 Å². The Morgan fingerprint density at radius 1 is 1.61 bits per heavy atom. The van der Waals surface area contributed by atoms with E-state index >= 15 is 0 Å². The van der Waals surface area contributed by atoms with Crippen LogP contribution in [0, 0.1) is 6.92 Å². The number of anilines is 1. The Kier molecular flexibility index (Phi) is 4.52. The first kappa shape index (κ1) is 13.3. The minimum atomic E-state index is 0.0140. The lowest BCUT2D eigenvalue weighted by Gasteiger charge is -2.36. The average Bonchev–Trinajstić information content (AvgIpc) is 2.39.